The van der Waals surface area contributed by atoms with Crippen LogP contribution < -0.4 is 4.74 Å². The Morgan fingerprint density at radius 2 is 2.06 bits per heavy atom. The van der Waals surface area contributed by atoms with Crippen LogP contribution in [0.5, 0.6) is 5.75 Å². The van der Waals surface area contributed by atoms with E-state index in [1.165, 1.54) is 19.1 Å². The summed E-state index contributed by atoms with van der Waals surface area (Å²) in [7, 11) is 1.13. The molecule has 0 heterocycles. The van der Waals surface area contributed by atoms with Crippen molar-refractivity contribution in [1.82, 2.24) is 0 Å². The molecule has 17 heavy (non-hydrogen) atoms. The number of aryl methyl sites for hydroxylation is 1. The number of nitrogens with zero attached hydrogens (tertiary/aromatic N) is 1. The predicted octanol–water partition coefficient (Wildman–Crippen LogP) is 2.23. The smallest absolute Gasteiger partial charge is 0.312 e. The molecule has 8 heteroatoms. The van der Waals surface area contributed by atoms with E-state index in [2.05, 4.69) is 0 Å². The first kappa shape index (κ1) is 13.7. The summed E-state index contributed by atoms with van der Waals surface area (Å²) in [4.78, 5) is 9.73. The Labute approximate surface area is 103 Å². The third-order valence-electron chi connectivity index (χ3n) is 1.93. The van der Waals surface area contributed by atoms with Gasteiger partial charge in [-0.1, -0.05) is 0 Å². The first-order chi connectivity index (χ1) is 7.77. The molecule has 94 valence electrons. The lowest BCUT2D eigenvalue weighted by molar-refractivity contribution is -0.386. The standard InChI is InChI=1S/C9H10ClNO5S/c1-3-16-9-7(11(12)13)4-6(2)5-8(9)17(10,14)15/h4-5H,3H2,1-2H3. The van der Waals surface area contributed by atoms with Crippen molar-refractivity contribution in [3.05, 3.63) is 27.8 Å². The fourth-order valence-corrected chi connectivity index (χ4v) is 2.38. The van der Waals surface area contributed by atoms with Crippen molar-refractivity contribution >= 4 is 25.4 Å². The molecule has 0 aromatic heterocycles. The number of halogens is 1. The highest BCUT2D eigenvalue weighted by Crippen LogP contribution is 2.37. The number of rotatable bonds is 4. The molecular formula is C9H10ClNO5S. The molecule has 0 aliphatic rings. The Bertz CT molecular complexity index is 555. The first-order valence-corrected chi connectivity index (χ1v) is 6.94. The van der Waals surface area contributed by atoms with Crippen LogP contribution in [-0.2, 0) is 9.05 Å². The molecule has 1 rings (SSSR count). The largest absolute Gasteiger partial charge is 0.486 e. The maximum absolute atomic E-state index is 11.3. The summed E-state index contributed by atoms with van der Waals surface area (Å²) in [5, 5.41) is 10.8. The van der Waals surface area contributed by atoms with Crippen molar-refractivity contribution in [2.24, 2.45) is 0 Å². The molecule has 0 saturated carbocycles. The monoisotopic (exact) mass is 279 g/mol. The Morgan fingerprint density at radius 3 is 2.47 bits per heavy atom. The van der Waals surface area contributed by atoms with Crippen LogP contribution in [0.1, 0.15) is 12.5 Å². The maximum atomic E-state index is 11.3. The highest BCUT2D eigenvalue weighted by Gasteiger charge is 2.26. The highest BCUT2D eigenvalue weighted by molar-refractivity contribution is 8.13. The van der Waals surface area contributed by atoms with Gasteiger partial charge in [-0.15, -0.1) is 0 Å². The third-order valence-corrected chi connectivity index (χ3v) is 3.25. The lowest BCUT2D eigenvalue weighted by Crippen LogP contribution is -2.04. The van der Waals surface area contributed by atoms with E-state index in [-0.39, 0.29) is 17.3 Å². The molecule has 0 radical (unpaired) electrons. The first-order valence-electron chi connectivity index (χ1n) is 4.64. The Balaban J connectivity index is 3.63. The summed E-state index contributed by atoms with van der Waals surface area (Å²) in [6.07, 6.45) is 0. The van der Waals surface area contributed by atoms with Crippen molar-refractivity contribution in [3.63, 3.8) is 0 Å². The summed E-state index contributed by atoms with van der Waals surface area (Å²) in [6.45, 7) is 3.23. The molecule has 1 aromatic carbocycles. The second-order valence-electron chi connectivity index (χ2n) is 3.24. The van der Waals surface area contributed by atoms with Crippen LogP contribution >= 0.6 is 10.7 Å². The quantitative estimate of drug-likeness (QED) is 0.479. The minimum absolute atomic E-state index is 0.101. The zero-order valence-corrected chi connectivity index (χ0v) is 10.7. The van der Waals surface area contributed by atoms with E-state index >= 15 is 0 Å². The number of benzene rings is 1. The summed E-state index contributed by atoms with van der Waals surface area (Å²) < 4.78 is 27.6. The van der Waals surface area contributed by atoms with Gasteiger partial charge in [0.2, 0.25) is 5.75 Å². The molecular weight excluding hydrogens is 270 g/mol. The van der Waals surface area contributed by atoms with Gasteiger partial charge in [-0.05, 0) is 25.5 Å². The van der Waals surface area contributed by atoms with Gasteiger partial charge in [0.25, 0.3) is 9.05 Å². The van der Waals surface area contributed by atoms with E-state index in [1.807, 2.05) is 0 Å². The van der Waals surface area contributed by atoms with Gasteiger partial charge in [-0.2, -0.15) is 0 Å². The van der Waals surface area contributed by atoms with Gasteiger partial charge < -0.3 is 4.74 Å². The highest BCUT2D eigenvalue weighted by atomic mass is 35.7. The normalized spacial score (nSPS) is 11.2. The average Bonchev–Trinajstić information content (AvgIpc) is 2.18. The average molecular weight is 280 g/mol. The molecule has 1 aromatic rings. The van der Waals surface area contributed by atoms with Crippen LogP contribution in [0.3, 0.4) is 0 Å². The number of hydrogen-bond acceptors (Lipinski definition) is 5. The molecule has 0 fully saturated rings. The zero-order valence-electron chi connectivity index (χ0n) is 9.14. The van der Waals surface area contributed by atoms with Crippen molar-refractivity contribution < 1.29 is 18.1 Å². The van der Waals surface area contributed by atoms with Crippen molar-refractivity contribution in [2.75, 3.05) is 6.61 Å². The van der Waals surface area contributed by atoms with Crippen LogP contribution in [0.2, 0.25) is 0 Å². The zero-order chi connectivity index (χ0) is 13.2. The predicted molar refractivity (Wildman–Crippen MR) is 62.0 cm³/mol. The third kappa shape index (κ3) is 3.07. The number of hydrogen-bond donors (Lipinski definition) is 0. The van der Waals surface area contributed by atoms with Gasteiger partial charge >= 0.3 is 5.69 Å². The molecule has 0 unspecified atom stereocenters. The van der Waals surface area contributed by atoms with E-state index < -0.39 is 19.7 Å². The van der Waals surface area contributed by atoms with Gasteiger partial charge in [0.15, 0.2) is 0 Å². The second-order valence-corrected chi connectivity index (χ2v) is 5.77. The number of nitro benzene ring substituents is 1. The van der Waals surface area contributed by atoms with Crippen molar-refractivity contribution in [1.29, 1.82) is 0 Å². The second kappa shape index (κ2) is 4.89. The van der Waals surface area contributed by atoms with Gasteiger partial charge in [0.1, 0.15) is 4.90 Å². The topological polar surface area (TPSA) is 86.5 Å². The number of nitro groups is 1. The fraction of sp³-hybridized carbons (Fsp3) is 0.333. The Kier molecular flexibility index (Phi) is 3.94. The molecule has 0 aliphatic carbocycles. The van der Waals surface area contributed by atoms with E-state index in [9.17, 15) is 18.5 Å². The van der Waals surface area contributed by atoms with Crippen LogP contribution in [0.4, 0.5) is 5.69 Å². The van der Waals surface area contributed by atoms with Gasteiger partial charge in [0, 0.05) is 16.7 Å². The minimum Gasteiger partial charge on any atom is -0.486 e. The Morgan fingerprint density at radius 1 is 1.47 bits per heavy atom. The molecule has 0 atom stereocenters. The minimum atomic E-state index is -4.09. The summed E-state index contributed by atoms with van der Waals surface area (Å²) >= 11 is 0. The van der Waals surface area contributed by atoms with Crippen LogP contribution in [-0.4, -0.2) is 19.9 Å². The van der Waals surface area contributed by atoms with Crippen LogP contribution in [0.25, 0.3) is 0 Å². The molecule has 0 amide bonds. The summed E-state index contributed by atoms with van der Waals surface area (Å²) in [5.41, 5.74) is 0.00505. The SMILES string of the molecule is CCOc1c([N+](=O)[O-])cc(C)cc1S(=O)(=O)Cl. The van der Waals surface area contributed by atoms with E-state index in [1.54, 1.807) is 6.92 Å². The summed E-state index contributed by atoms with van der Waals surface area (Å²) in [5.74, 6) is -0.321. The molecule has 0 spiro atoms. The lowest BCUT2D eigenvalue weighted by atomic mass is 10.2. The molecule has 6 nitrogen and oxygen atoms in total. The molecule has 0 N–H and O–H groups in total. The van der Waals surface area contributed by atoms with Crippen molar-refractivity contribution in [3.8, 4) is 5.75 Å². The maximum Gasteiger partial charge on any atom is 0.312 e. The van der Waals surface area contributed by atoms with E-state index in [0.717, 1.165) is 0 Å². The van der Waals surface area contributed by atoms with Crippen LogP contribution in [0.15, 0.2) is 17.0 Å². The van der Waals surface area contributed by atoms with Gasteiger partial charge in [0.05, 0.1) is 11.5 Å². The van der Waals surface area contributed by atoms with Crippen LogP contribution in [0, 0.1) is 17.0 Å². The Hall–Kier alpha value is -1.34. The lowest BCUT2D eigenvalue weighted by Gasteiger charge is -2.09. The van der Waals surface area contributed by atoms with Crippen molar-refractivity contribution in [2.45, 2.75) is 18.7 Å². The fourth-order valence-electron chi connectivity index (χ4n) is 1.33. The molecule has 0 aliphatic heterocycles. The van der Waals surface area contributed by atoms with Gasteiger partial charge in [-0.3, -0.25) is 10.1 Å². The summed E-state index contributed by atoms with van der Waals surface area (Å²) in [6, 6.07) is 2.47. The number of ether oxygens (including phenoxy) is 1. The molecule has 0 bridgehead atoms. The molecule has 0 saturated heterocycles. The van der Waals surface area contributed by atoms with Gasteiger partial charge in [-0.25, -0.2) is 8.42 Å². The van der Waals surface area contributed by atoms with E-state index in [4.69, 9.17) is 15.4 Å². The van der Waals surface area contributed by atoms with E-state index in [0.29, 0.717) is 5.56 Å².